The Kier molecular flexibility index (Phi) is 3.69. The molecule has 1 N–H and O–H groups in total. The molecule has 6 heteroatoms. The van der Waals surface area contributed by atoms with Gasteiger partial charge in [-0.25, -0.2) is 9.18 Å². The van der Waals surface area contributed by atoms with Gasteiger partial charge in [-0.3, -0.25) is 4.79 Å². The molecule has 1 aromatic carbocycles. The van der Waals surface area contributed by atoms with Gasteiger partial charge < -0.3 is 15.1 Å². The van der Waals surface area contributed by atoms with E-state index in [0.29, 0.717) is 12.2 Å². The van der Waals surface area contributed by atoms with Crippen molar-refractivity contribution in [1.29, 1.82) is 0 Å². The molecule has 0 spiro atoms. The first-order valence-corrected chi connectivity index (χ1v) is 6.01. The molecular formula is C13H16FN3O2. The normalized spacial score (nSPS) is 18.6. The molecule has 1 aliphatic rings. The summed E-state index contributed by atoms with van der Waals surface area (Å²) < 4.78 is 12.8. The summed E-state index contributed by atoms with van der Waals surface area (Å²) in [6, 6.07) is 5.31. The smallest absolute Gasteiger partial charge is 0.317 e. The number of carbonyl (C=O) groups excluding carboxylic acids is 2. The Labute approximate surface area is 111 Å². The Bertz CT molecular complexity index is 487. The van der Waals surface area contributed by atoms with Gasteiger partial charge in [-0.2, -0.15) is 0 Å². The standard InChI is InChI=1S/C13H16FN3O2/c1-16(2)13(19)15-10-7-12(18)17(8-10)11-5-3-9(14)4-6-11/h3-6,10H,7-8H2,1-2H3,(H,15,19)/t10-/m0/s1. The predicted molar refractivity (Wildman–Crippen MR) is 69.4 cm³/mol. The number of benzene rings is 1. The van der Waals surface area contributed by atoms with Crippen LogP contribution in [0.4, 0.5) is 14.9 Å². The molecule has 1 saturated heterocycles. The highest BCUT2D eigenvalue weighted by atomic mass is 19.1. The number of halogens is 1. The third kappa shape index (κ3) is 3.01. The lowest BCUT2D eigenvalue weighted by Crippen LogP contribution is -2.42. The van der Waals surface area contributed by atoms with E-state index in [0.717, 1.165) is 0 Å². The summed E-state index contributed by atoms with van der Waals surface area (Å²) in [5.41, 5.74) is 0.646. The second-order valence-electron chi connectivity index (χ2n) is 4.73. The van der Waals surface area contributed by atoms with Gasteiger partial charge in [0.2, 0.25) is 5.91 Å². The van der Waals surface area contributed by atoms with Crippen LogP contribution in [0.2, 0.25) is 0 Å². The maximum Gasteiger partial charge on any atom is 0.317 e. The fourth-order valence-electron chi connectivity index (χ4n) is 1.98. The molecule has 0 bridgehead atoms. The summed E-state index contributed by atoms with van der Waals surface area (Å²) >= 11 is 0. The summed E-state index contributed by atoms with van der Waals surface area (Å²) in [6.07, 6.45) is 0.261. The van der Waals surface area contributed by atoms with Crippen LogP contribution in [-0.4, -0.2) is 43.5 Å². The number of anilines is 1. The van der Waals surface area contributed by atoms with E-state index in [9.17, 15) is 14.0 Å². The van der Waals surface area contributed by atoms with E-state index in [4.69, 9.17) is 0 Å². The predicted octanol–water partition coefficient (Wildman–Crippen LogP) is 1.20. The van der Waals surface area contributed by atoms with Gasteiger partial charge in [-0.1, -0.05) is 0 Å². The van der Waals surface area contributed by atoms with E-state index < -0.39 is 0 Å². The van der Waals surface area contributed by atoms with E-state index in [-0.39, 0.29) is 30.2 Å². The van der Waals surface area contributed by atoms with Crippen molar-refractivity contribution in [2.75, 3.05) is 25.5 Å². The van der Waals surface area contributed by atoms with Crippen molar-refractivity contribution in [3.63, 3.8) is 0 Å². The van der Waals surface area contributed by atoms with E-state index in [1.165, 1.54) is 17.0 Å². The molecule has 5 nitrogen and oxygen atoms in total. The number of hydrogen-bond acceptors (Lipinski definition) is 2. The van der Waals surface area contributed by atoms with Crippen LogP contribution in [-0.2, 0) is 4.79 Å². The number of urea groups is 1. The fraction of sp³-hybridized carbons (Fsp3) is 0.385. The first kappa shape index (κ1) is 13.3. The van der Waals surface area contributed by atoms with Crippen molar-refractivity contribution in [3.8, 4) is 0 Å². The van der Waals surface area contributed by atoms with E-state index in [2.05, 4.69) is 5.32 Å². The lowest BCUT2D eigenvalue weighted by Gasteiger charge is -2.18. The summed E-state index contributed by atoms with van der Waals surface area (Å²) in [6.45, 7) is 0.407. The Morgan fingerprint density at radius 3 is 2.58 bits per heavy atom. The maximum absolute atomic E-state index is 12.8. The zero-order valence-electron chi connectivity index (χ0n) is 10.9. The molecular weight excluding hydrogens is 249 g/mol. The quantitative estimate of drug-likeness (QED) is 0.873. The highest BCUT2D eigenvalue weighted by Crippen LogP contribution is 2.21. The Balaban J connectivity index is 2.03. The third-order valence-electron chi connectivity index (χ3n) is 3.00. The third-order valence-corrected chi connectivity index (χ3v) is 3.00. The van der Waals surface area contributed by atoms with Crippen molar-refractivity contribution in [2.45, 2.75) is 12.5 Å². The van der Waals surface area contributed by atoms with Crippen molar-refractivity contribution in [1.82, 2.24) is 10.2 Å². The summed E-state index contributed by atoms with van der Waals surface area (Å²) in [7, 11) is 3.29. The minimum atomic E-state index is -0.340. The zero-order valence-corrected chi connectivity index (χ0v) is 10.9. The first-order chi connectivity index (χ1) is 8.97. The number of amides is 3. The van der Waals surface area contributed by atoms with E-state index in [1.54, 1.807) is 31.1 Å². The molecule has 1 fully saturated rings. The van der Waals surface area contributed by atoms with Crippen LogP contribution in [0.25, 0.3) is 0 Å². The average molecular weight is 265 g/mol. The van der Waals surface area contributed by atoms with Crippen LogP contribution < -0.4 is 10.2 Å². The lowest BCUT2D eigenvalue weighted by molar-refractivity contribution is -0.117. The van der Waals surface area contributed by atoms with Crippen molar-refractivity contribution in [3.05, 3.63) is 30.1 Å². The van der Waals surface area contributed by atoms with Crippen LogP contribution in [0.5, 0.6) is 0 Å². The summed E-state index contributed by atoms with van der Waals surface area (Å²) in [5.74, 6) is -0.413. The molecule has 1 aromatic rings. The first-order valence-electron chi connectivity index (χ1n) is 6.01. The van der Waals surface area contributed by atoms with Gasteiger partial charge in [0.1, 0.15) is 5.82 Å². The largest absolute Gasteiger partial charge is 0.333 e. The van der Waals surface area contributed by atoms with Gasteiger partial charge in [0.05, 0.1) is 6.04 Å². The summed E-state index contributed by atoms with van der Waals surface area (Å²) in [4.78, 5) is 26.4. The van der Waals surface area contributed by atoms with E-state index >= 15 is 0 Å². The second kappa shape index (κ2) is 5.26. The molecule has 102 valence electrons. The molecule has 1 atom stereocenters. The highest BCUT2D eigenvalue weighted by Gasteiger charge is 2.31. The van der Waals surface area contributed by atoms with E-state index in [1.807, 2.05) is 0 Å². The maximum atomic E-state index is 12.8. The molecule has 1 aliphatic heterocycles. The molecule has 0 unspecified atom stereocenters. The Hall–Kier alpha value is -2.11. The van der Waals surface area contributed by atoms with Gasteiger partial charge in [0.25, 0.3) is 0 Å². The topological polar surface area (TPSA) is 52.7 Å². The Morgan fingerprint density at radius 1 is 1.37 bits per heavy atom. The monoisotopic (exact) mass is 265 g/mol. The number of hydrogen-bond donors (Lipinski definition) is 1. The minimum Gasteiger partial charge on any atom is -0.333 e. The molecule has 0 aliphatic carbocycles. The van der Waals surface area contributed by atoms with Gasteiger partial charge in [-0.05, 0) is 24.3 Å². The molecule has 3 amide bonds. The van der Waals surface area contributed by atoms with Crippen molar-refractivity contribution in [2.24, 2.45) is 0 Å². The molecule has 0 saturated carbocycles. The van der Waals surface area contributed by atoms with Gasteiger partial charge >= 0.3 is 6.03 Å². The van der Waals surface area contributed by atoms with Crippen LogP contribution >= 0.6 is 0 Å². The van der Waals surface area contributed by atoms with Crippen molar-refractivity contribution >= 4 is 17.6 Å². The SMILES string of the molecule is CN(C)C(=O)N[C@H]1CC(=O)N(c2ccc(F)cc2)C1. The molecule has 0 aromatic heterocycles. The van der Waals surface area contributed by atoms with Crippen LogP contribution in [0.1, 0.15) is 6.42 Å². The highest BCUT2D eigenvalue weighted by molar-refractivity contribution is 5.96. The van der Waals surface area contributed by atoms with Crippen molar-refractivity contribution < 1.29 is 14.0 Å². The molecule has 1 heterocycles. The zero-order chi connectivity index (χ0) is 14.0. The van der Waals surface area contributed by atoms with Crippen LogP contribution in [0.15, 0.2) is 24.3 Å². The van der Waals surface area contributed by atoms with Gasteiger partial charge in [0.15, 0.2) is 0 Å². The number of carbonyl (C=O) groups is 2. The van der Waals surface area contributed by atoms with Gasteiger partial charge in [-0.15, -0.1) is 0 Å². The average Bonchev–Trinajstić information content (AvgIpc) is 2.71. The molecule has 2 rings (SSSR count). The molecule has 0 radical (unpaired) electrons. The molecule has 19 heavy (non-hydrogen) atoms. The second-order valence-corrected chi connectivity index (χ2v) is 4.73. The number of nitrogens with one attached hydrogen (secondary N) is 1. The lowest BCUT2D eigenvalue weighted by atomic mass is 10.2. The number of nitrogens with zero attached hydrogens (tertiary/aromatic N) is 2. The van der Waals surface area contributed by atoms with Crippen LogP contribution in [0, 0.1) is 5.82 Å². The minimum absolute atomic E-state index is 0.0735. The summed E-state index contributed by atoms with van der Waals surface area (Å²) in [5, 5.41) is 2.77. The van der Waals surface area contributed by atoms with Gasteiger partial charge in [0, 0.05) is 32.7 Å². The Morgan fingerprint density at radius 2 is 2.00 bits per heavy atom. The van der Waals surface area contributed by atoms with Crippen LogP contribution in [0.3, 0.4) is 0 Å². The fourth-order valence-corrected chi connectivity index (χ4v) is 1.98. The number of rotatable bonds is 2.